The van der Waals surface area contributed by atoms with Crippen LogP contribution in [-0.2, 0) is 0 Å². The molecule has 2 atom stereocenters. The van der Waals surface area contributed by atoms with Gasteiger partial charge in [-0.2, -0.15) is 0 Å². The molecule has 0 aromatic heterocycles. The minimum absolute atomic E-state index is 0.000270. The molecule has 7 heteroatoms. The van der Waals surface area contributed by atoms with Gasteiger partial charge in [-0.1, -0.05) is 6.92 Å². The monoisotopic (exact) mass is 346 g/mol. The van der Waals surface area contributed by atoms with Crippen molar-refractivity contribution in [1.29, 1.82) is 0 Å². The zero-order valence-corrected chi connectivity index (χ0v) is 15.3. The molecular formula is C18H26N4O3. The van der Waals surface area contributed by atoms with E-state index >= 15 is 0 Å². The van der Waals surface area contributed by atoms with Crippen LogP contribution in [0, 0.1) is 5.92 Å². The normalized spacial score (nSPS) is 23.3. The number of urea groups is 1. The molecule has 7 nitrogen and oxygen atoms in total. The molecule has 1 aromatic rings. The molecule has 136 valence electrons. The highest BCUT2D eigenvalue weighted by Crippen LogP contribution is 2.31. The SMILES string of the molecule is COc1ccc(C(=O)N2C[C@H](C)[C@@H](N(C)C)C2)cc1N1CCNC1=O. The molecule has 25 heavy (non-hydrogen) atoms. The molecule has 0 radical (unpaired) electrons. The zero-order valence-electron chi connectivity index (χ0n) is 15.3. The molecule has 0 aliphatic carbocycles. The van der Waals surface area contributed by atoms with Crippen LogP contribution >= 0.6 is 0 Å². The van der Waals surface area contributed by atoms with Crippen molar-refractivity contribution in [1.82, 2.24) is 15.1 Å². The van der Waals surface area contributed by atoms with E-state index in [0.29, 0.717) is 42.0 Å². The van der Waals surface area contributed by atoms with Gasteiger partial charge < -0.3 is 19.9 Å². The van der Waals surface area contributed by atoms with Crippen LogP contribution in [0.15, 0.2) is 18.2 Å². The largest absolute Gasteiger partial charge is 0.495 e. The highest BCUT2D eigenvalue weighted by Gasteiger charge is 2.34. The number of carbonyl (C=O) groups is 2. The third kappa shape index (κ3) is 3.28. The first-order valence-corrected chi connectivity index (χ1v) is 8.61. The summed E-state index contributed by atoms with van der Waals surface area (Å²) in [6, 6.07) is 5.50. The Labute approximate surface area is 148 Å². The molecule has 3 rings (SSSR count). The molecule has 1 aromatic carbocycles. The van der Waals surface area contributed by atoms with E-state index < -0.39 is 0 Å². The van der Waals surface area contributed by atoms with Crippen molar-refractivity contribution in [3.05, 3.63) is 23.8 Å². The Kier molecular flexibility index (Phi) is 4.85. The first kappa shape index (κ1) is 17.5. The summed E-state index contributed by atoms with van der Waals surface area (Å²) in [5.74, 6) is 1.02. The molecule has 0 saturated carbocycles. The topological polar surface area (TPSA) is 65.1 Å². The van der Waals surface area contributed by atoms with Gasteiger partial charge in [-0.3, -0.25) is 9.69 Å². The number of carbonyl (C=O) groups excluding carboxylic acids is 2. The molecule has 2 aliphatic heterocycles. The number of likely N-dealkylation sites (N-methyl/N-ethyl adjacent to an activating group) is 1. The summed E-state index contributed by atoms with van der Waals surface area (Å²) in [5, 5.41) is 2.78. The van der Waals surface area contributed by atoms with Crippen LogP contribution in [0.2, 0.25) is 0 Å². The third-order valence-corrected chi connectivity index (χ3v) is 5.10. The fourth-order valence-corrected chi connectivity index (χ4v) is 3.71. The molecule has 0 bridgehead atoms. The molecule has 2 fully saturated rings. The molecule has 0 unspecified atom stereocenters. The Balaban J connectivity index is 1.85. The summed E-state index contributed by atoms with van der Waals surface area (Å²) in [6.45, 7) is 4.79. The van der Waals surface area contributed by atoms with E-state index in [-0.39, 0.29) is 11.9 Å². The van der Waals surface area contributed by atoms with Crippen molar-refractivity contribution in [3.8, 4) is 5.75 Å². The molecular weight excluding hydrogens is 320 g/mol. The van der Waals surface area contributed by atoms with E-state index in [2.05, 4.69) is 17.1 Å². The van der Waals surface area contributed by atoms with Crippen molar-refractivity contribution in [2.45, 2.75) is 13.0 Å². The maximum atomic E-state index is 13.0. The van der Waals surface area contributed by atoms with Crippen LogP contribution in [0.25, 0.3) is 0 Å². The summed E-state index contributed by atoms with van der Waals surface area (Å²) in [7, 11) is 5.66. The smallest absolute Gasteiger partial charge is 0.322 e. The number of nitrogens with one attached hydrogen (secondary N) is 1. The first-order valence-electron chi connectivity index (χ1n) is 8.61. The van der Waals surface area contributed by atoms with Gasteiger partial charge in [-0.05, 0) is 38.2 Å². The number of methoxy groups -OCH3 is 1. The van der Waals surface area contributed by atoms with Crippen molar-refractivity contribution in [2.24, 2.45) is 5.92 Å². The van der Waals surface area contributed by atoms with Crippen LogP contribution in [0.1, 0.15) is 17.3 Å². The Morgan fingerprint density at radius 1 is 1.32 bits per heavy atom. The molecule has 0 spiro atoms. The van der Waals surface area contributed by atoms with Gasteiger partial charge in [0.05, 0.1) is 12.8 Å². The number of rotatable bonds is 4. The van der Waals surface area contributed by atoms with Gasteiger partial charge in [0.15, 0.2) is 0 Å². The van der Waals surface area contributed by atoms with Gasteiger partial charge in [-0.25, -0.2) is 4.79 Å². The van der Waals surface area contributed by atoms with E-state index in [1.807, 2.05) is 19.0 Å². The predicted octanol–water partition coefficient (Wildman–Crippen LogP) is 1.25. The van der Waals surface area contributed by atoms with E-state index in [4.69, 9.17) is 4.74 Å². The van der Waals surface area contributed by atoms with Crippen LogP contribution < -0.4 is 15.0 Å². The number of benzene rings is 1. The number of anilines is 1. The second-order valence-corrected chi connectivity index (χ2v) is 6.99. The number of ether oxygens (including phenoxy) is 1. The lowest BCUT2D eigenvalue weighted by Crippen LogP contribution is -2.36. The van der Waals surface area contributed by atoms with Crippen LogP contribution in [0.3, 0.4) is 0 Å². The minimum Gasteiger partial charge on any atom is -0.495 e. The third-order valence-electron chi connectivity index (χ3n) is 5.10. The molecule has 3 amide bonds. The maximum Gasteiger partial charge on any atom is 0.322 e. The lowest BCUT2D eigenvalue weighted by atomic mass is 10.1. The summed E-state index contributed by atoms with van der Waals surface area (Å²) in [4.78, 5) is 30.6. The minimum atomic E-state index is -0.162. The van der Waals surface area contributed by atoms with Crippen molar-refractivity contribution < 1.29 is 14.3 Å². The predicted molar refractivity (Wildman–Crippen MR) is 96.3 cm³/mol. The Morgan fingerprint density at radius 3 is 2.64 bits per heavy atom. The number of amides is 3. The Bertz CT molecular complexity index is 676. The van der Waals surface area contributed by atoms with Gasteiger partial charge in [0.25, 0.3) is 5.91 Å². The van der Waals surface area contributed by atoms with Crippen LogP contribution in [0.5, 0.6) is 5.75 Å². The fourth-order valence-electron chi connectivity index (χ4n) is 3.71. The van der Waals surface area contributed by atoms with Crippen LogP contribution in [0.4, 0.5) is 10.5 Å². The Hall–Kier alpha value is -2.28. The second kappa shape index (κ2) is 6.92. The maximum absolute atomic E-state index is 13.0. The summed E-state index contributed by atoms with van der Waals surface area (Å²) in [5.41, 5.74) is 1.22. The summed E-state index contributed by atoms with van der Waals surface area (Å²) in [6.07, 6.45) is 0. The molecule has 1 N–H and O–H groups in total. The van der Waals surface area contributed by atoms with Gasteiger partial charge in [0, 0.05) is 37.8 Å². The number of nitrogens with zero attached hydrogens (tertiary/aromatic N) is 3. The lowest BCUT2D eigenvalue weighted by Gasteiger charge is -2.23. The molecule has 2 heterocycles. The van der Waals surface area contributed by atoms with Gasteiger partial charge in [-0.15, -0.1) is 0 Å². The van der Waals surface area contributed by atoms with Gasteiger partial charge in [0.2, 0.25) is 0 Å². The van der Waals surface area contributed by atoms with Crippen molar-refractivity contribution in [3.63, 3.8) is 0 Å². The number of hydrogen-bond acceptors (Lipinski definition) is 4. The average molecular weight is 346 g/mol. The summed E-state index contributed by atoms with van der Waals surface area (Å²) < 4.78 is 5.38. The zero-order chi connectivity index (χ0) is 18.1. The van der Waals surface area contributed by atoms with Crippen molar-refractivity contribution >= 4 is 17.6 Å². The van der Waals surface area contributed by atoms with Crippen molar-refractivity contribution in [2.75, 3.05) is 52.3 Å². The number of hydrogen-bond donors (Lipinski definition) is 1. The second-order valence-electron chi connectivity index (χ2n) is 6.99. The van der Waals surface area contributed by atoms with Gasteiger partial charge >= 0.3 is 6.03 Å². The average Bonchev–Trinajstić information content (AvgIpc) is 3.19. The van der Waals surface area contributed by atoms with E-state index in [0.717, 1.165) is 13.1 Å². The quantitative estimate of drug-likeness (QED) is 0.891. The highest BCUT2D eigenvalue weighted by molar-refractivity contribution is 6.00. The lowest BCUT2D eigenvalue weighted by molar-refractivity contribution is 0.0781. The first-order chi connectivity index (χ1) is 11.9. The number of likely N-dealkylation sites (tertiary alicyclic amines) is 1. The highest BCUT2D eigenvalue weighted by atomic mass is 16.5. The Morgan fingerprint density at radius 2 is 2.08 bits per heavy atom. The van der Waals surface area contributed by atoms with Gasteiger partial charge in [0.1, 0.15) is 5.75 Å². The molecule has 2 saturated heterocycles. The van der Waals surface area contributed by atoms with E-state index in [1.54, 1.807) is 30.2 Å². The standard InChI is InChI=1S/C18H26N4O3/c1-12-10-21(11-15(12)20(2)3)17(23)13-5-6-16(25-4)14(9-13)22-8-7-19-18(22)24/h5-6,9,12,15H,7-8,10-11H2,1-4H3,(H,19,24)/t12-,15-/m0/s1. The van der Waals surface area contributed by atoms with E-state index in [9.17, 15) is 9.59 Å². The fraction of sp³-hybridized carbons (Fsp3) is 0.556. The van der Waals surface area contributed by atoms with E-state index in [1.165, 1.54) is 0 Å². The molecule has 2 aliphatic rings. The summed E-state index contributed by atoms with van der Waals surface area (Å²) >= 11 is 0. The van der Waals surface area contributed by atoms with Crippen LogP contribution in [-0.4, -0.2) is 75.2 Å².